The van der Waals surface area contributed by atoms with E-state index in [0.717, 1.165) is 6.07 Å². The third kappa shape index (κ3) is 2.37. The third-order valence-electron chi connectivity index (χ3n) is 2.83. The monoisotopic (exact) mass is 255 g/mol. The van der Waals surface area contributed by atoms with E-state index in [4.69, 9.17) is 5.73 Å². The van der Waals surface area contributed by atoms with Crippen LogP contribution in [0.2, 0.25) is 0 Å². The van der Waals surface area contributed by atoms with Crippen LogP contribution >= 0.6 is 0 Å². The highest BCUT2D eigenvalue weighted by molar-refractivity contribution is 6.05. The minimum absolute atomic E-state index is 0.0769. The topological polar surface area (TPSA) is 50.7 Å². The summed E-state index contributed by atoms with van der Waals surface area (Å²) in [5, 5.41) is 7.49. The summed E-state index contributed by atoms with van der Waals surface area (Å²) in [6.07, 6.45) is -4.03. The number of hydrogen-bond donors (Lipinski definition) is 1. The van der Waals surface area contributed by atoms with E-state index in [1.54, 1.807) is 6.07 Å². The molecule has 1 aliphatic heterocycles. The molecule has 1 unspecified atom stereocenters. The van der Waals surface area contributed by atoms with Crippen LogP contribution in [0.15, 0.2) is 34.5 Å². The van der Waals surface area contributed by atoms with Crippen molar-refractivity contribution in [2.24, 2.45) is 21.9 Å². The molecule has 0 amide bonds. The summed E-state index contributed by atoms with van der Waals surface area (Å²) in [7, 11) is 0. The van der Waals surface area contributed by atoms with E-state index in [-0.39, 0.29) is 11.5 Å². The Morgan fingerprint density at radius 3 is 2.50 bits per heavy atom. The predicted octanol–water partition coefficient (Wildman–Crippen LogP) is 2.81. The maximum Gasteiger partial charge on any atom is 0.417 e. The molecule has 0 saturated heterocycles. The van der Waals surface area contributed by atoms with E-state index in [2.05, 4.69) is 10.2 Å². The van der Waals surface area contributed by atoms with Gasteiger partial charge in [0.15, 0.2) is 0 Å². The summed E-state index contributed by atoms with van der Waals surface area (Å²) >= 11 is 0. The fourth-order valence-corrected chi connectivity index (χ4v) is 1.80. The van der Waals surface area contributed by atoms with Crippen molar-refractivity contribution in [1.29, 1.82) is 0 Å². The van der Waals surface area contributed by atoms with Crippen LogP contribution in [0.25, 0.3) is 0 Å². The van der Waals surface area contributed by atoms with Crippen molar-refractivity contribution in [3.8, 4) is 0 Å². The van der Waals surface area contributed by atoms with E-state index in [9.17, 15) is 13.2 Å². The average Bonchev–Trinajstić information content (AvgIpc) is 2.32. The molecule has 0 radical (unpaired) electrons. The summed E-state index contributed by atoms with van der Waals surface area (Å²) in [5.41, 5.74) is 5.28. The van der Waals surface area contributed by atoms with Crippen LogP contribution < -0.4 is 5.73 Å². The summed E-state index contributed by atoms with van der Waals surface area (Å²) in [6.45, 7) is 1.81. The number of hydrogen-bond acceptors (Lipinski definition) is 3. The van der Waals surface area contributed by atoms with Crippen molar-refractivity contribution in [2.75, 3.05) is 0 Å². The fourth-order valence-electron chi connectivity index (χ4n) is 1.80. The van der Waals surface area contributed by atoms with Crippen LogP contribution in [-0.4, -0.2) is 11.5 Å². The number of nitrogens with zero attached hydrogens (tertiary/aromatic N) is 2. The quantitative estimate of drug-likeness (QED) is 0.824. The molecule has 1 aliphatic rings. The molecular formula is C12H12F3N3. The van der Waals surface area contributed by atoms with E-state index >= 15 is 0 Å². The van der Waals surface area contributed by atoms with E-state index in [1.165, 1.54) is 12.1 Å². The minimum atomic E-state index is -4.39. The smallest absolute Gasteiger partial charge is 0.385 e. The Kier molecular flexibility index (Phi) is 3.11. The van der Waals surface area contributed by atoms with Gasteiger partial charge < -0.3 is 5.73 Å². The highest BCUT2D eigenvalue weighted by atomic mass is 19.4. The molecule has 2 rings (SSSR count). The average molecular weight is 255 g/mol. The number of alkyl halides is 3. The van der Waals surface area contributed by atoms with E-state index < -0.39 is 11.7 Å². The number of halogens is 3. The maximum absolute atomic E-state index is 12.9. The van der Waals surface area contributed by atoms with Crippen molar-refractivity contribution in [2.45, 2.75) is 19.5 Å². The normalized spacial score (nSPS) is 20.3. The van der Waals surface area contributed by atoms with Crippen LogP contribution in [0.4, 0.5) is 13.2 Å². The van der Waals surface area contributed by atoms with Crippen molar-refractivity contribution in [3.63, 3.8) is 0 Å². The SMILES string of the molecule is CC1CC(c2ccccc2C(F)(F)F)=NN=C1N. The lowest BCUT2D eigenvalue weighted by atomic mass is 9.94. The summed E-state index contributed by atoms with van der Waals surface area (Å²) in [6, 6.07) is 5.37. The van der Waals surface area contributed by atoms with Gasteiger partial charge in [0.2, 0.25) is 0 Å². The molecule has 2 N–H and O–H groups in total. The zero-order chi connectivity index (χ0) is 13.3. The van der Waals surface area contributed by atoms with Gasteiger partial charge in [0.05, 0.1) is 11.3 Å². The zero-order valence-corrected chi connectivity index (χ0v) is 9.70. The van der Waals surface area contributed by atoms with Gasteiger partial charge >= 0.3 is 6.18 Å². The molecule has 0 aromatic heterocycles. The first kappa shape index (κ1) is 12.6. The Balaban J connectivity index is 2.47. The molecule has 96 valence electrons. The lowest BCUT2D eigenvalue weighted by Gasteiger charge is -2.19. The van der Waals surface area contributed by atoms with Crippen molar-refractivity contribution >= 4 is 11.5 Å². The lowest BCUT2D eigenvalue weighted by molar-refractivity contribution is -0.137. The Hall–Kier alpha value is -1.85. The molecule has 0 fully saturated rings. The molecular weight excluding hydrogens is 243 g/mol. The second kappa shape index (κ2) is 4.44. The molecule has 6 heteroatoms. The number of rotatable bonds is 1. The number of nitrogens with two attached hydrogens (primary N) is 1. The van der Waals surface area contributed by atoms with Crippen LogP contribution in [0.1, 0.15) is 24.5 Å². The summed E-state index contributed by atoms with van der Waals surface area (Å²) in [5.74, 6) is 0.252. The molecule has 0 bridgehead atoms. The van der Waals surface area contributed by atoms with Crippen LogP contribution in [0.5, 0.6) is 0 Å². The molecule has 0 aliphatic carbocycles. The summed E-state index contributed by atoms with van der Waals surface area (Å²) in [4.78, 5) is 0. The van der Waals surface area contributed by atoms with Gasteiger partial charge in [-0.15, -0.1) is 5.10 Å². The first-order valence-electron chi connectivity index (χ1n) is 5.46. The van der Waals surface area contributed by atoms with Gasteiger partial charge in [-0.05, 0) is 6.07 Å². The molecule has 1 heterocycles. The molecule has 3 nitrogen and oxygen atoms in total. The minimum Gasteiger partial charge on any atom is -0.385 e. The van der Waals surface area contributed by atoms with Gasteiger partial charge in [-0.25, -0.2) is 0 Å². The Labute approximate surface area is 102 Å². The summed E-state index contributed by atoms with van der Waals surface area (Å²) < 4.78 is 38.6. The Morgan fingerprint density at radius 2 is 1.89 bits per heavy atom. The van der Waals surface area contributed by atoms with Crippen LogP contribution in [0.3, 0.4) is 0 Å². The van der Waals surface area contributed by atoms with Crippen LogP contribution in [-0.2, 0) is 6.18 Å². The van der Waals surface area contributed by atoms with Gasteiger partial charge in [0.1, 0.15) is 5.84 Å². The number of amidine groups is 1. The van der Waals surface area contributed by atoms with Crippen LogP contribution in [0, 0.1) is 5.92 Å². The second-order valence-electron chi connectivity index (χ2n) is 4.22. The van der Waals surface area contributed by atoms with Crippen molar-refractivity contribution in [3.05, 3.63) is 35.4 Å². The lowest BCUT2D eigenvalue weighted by Crippen LogP contribution is -2.27. The predicted molar refractivity (Wildman–Crippen MR) is 63.4 cm³/mol. The highest BCUT2D eigenvalue weighted by Crippen LogP contribution is 2.33. The molecule has 1 aromatic rings. The van der Waals surface area contributed by atoms with Crippen molar-refractivity contribution in [1.82, 2.24) is 0 Å². The largest absolute Gasteiger partial charge is 0.417 e. The van der Waals surface area contributed by atoms with Gasteiger partial charge in [-0.3, -0.25) is 0 Å². The fraction of sp³-hybridized carbons (Fsp3) is 0.333. The molecule has 1 aromatic carbocycles. The Morgan fingerprint density at radius 1 is 1.22 bits per heavy atom. The van der Waals surface area contributed by atoms with E-state index in [1.807, 2.05) is 6.92 Å². The van der Waals surface area contributed by atoms with Crippen molar-refractivity contribution < 1.29 is 13.2 Å². The van der Waals surface area contributed by atoms with Gasteiger partial charge in [-0.2, -0.15) is 18.3 Å². The standard InChI is InChI=1S/C12H12F3N3/c1-7-6-10(17-18-11(7)16)8-4-2-3-5-9(8)12(13,14)15/h2-5,7H,6H2,1H3,(H2,16,18). The first-order valence-corrected chi connectivity index (χ1v) is 5.46. The highest BCUT2D eigenvalue weighted by Gasteiger charge is 2.34. The third-order valence-corrected chi connectivity index (χ3v) is 2.83. The molecule has 18 heavy (non-hydrogen) atoms. The van der Waals surface area contributed by atoms with E-state index in [0.29, 0.717) is 18.0 Å². The zero-order valence-electron chi connectivity index (χ0n) is 9.70. The molecule has 0 spiro atoms. The first-order chi connectivity index (χ1) is 8.39. The molecule has 1 atom stereocenters. The molecule has 0 saturated carbocycles. The maximum atomic E-state index is 12.9. The number of benzene rings is 1. The van der Waals surface area contributed by atoms with Gasteiger partial charge in [0, 0.05) is 17.9 Å². The van der Waals surface area contributed by atoms with Gasteiger partial charge in [-0.1, -0.05) is 25.1 Å². The Bertz CT molecular complexity index is 518. The van der Waals surface area contributed by atoms with Gasteiger partial charge in [0.25, 0.3) is 0 Å². The second-order valence-corrected chi connectivity index (χ2v) is 4.22.